The molecule has 0 radical (unpaired) electrons. The maximum Gasteiger partial charge on any atom is 0.341 e. The molecule has 0 saturated carbocycles. The molecule has 1 aromatic carbocycles. The highest BCUT2D eigenvalue weighted by atomic mass is 32.2. The van der Waals surface area contributed by atoms with Crippen LogP contribution in [-0.2, 0) is 14.6 Å². The summed E-state index contributed by atoms with van der Waals surface area (Å²) < 4.78 is 54.1. The first-order valence-corrected chi connectivity index (χ1v) is 7.95. The number of hydrogen-bond donors (Lipinski definition) is 1. The average Bonchev–Trinajstić information content (AvgIpc) is 2.39. The fraction of sp³-hybridized carbons (Fsp3) is 0.538. The fourth-order valence-corrected chi connectivity index (χ4v) is 3.17. The van der Waals surface area contributed by atoms with Gasteiger partial charge in [0.05, 0.1) is 16.7 Å². The van der Waals surface area contributed by atoms with Crippen LogP contribution in [0.1, 0.15) is 19.8 Å². The first-order valence-electron chi connectivity index (χ1n) is 6.40. The lowest BCUT2D eigenvalue weighted by Gasteiger charge is -2.29. The van der Waals surface area contributed by atoms with Gasteiger partial charge in [0.1, 0.15) is 0 Å². The lowest BCUT2D eigenvalue weighted by molar-refractivity contribution is 0.0232. The van der Waals surface area contributed by atoms with Crippen LogP contribution in [-0.4, -0.2) is 32.9 Å². The van der Waals surface area contributed by atoms with Crippen LogP contribution in [0.5, 0.6) is 0 Å². The smallest absolute Gasteiger partial charge is 0.341 e. The number of anilines is 1. The van der Waals surface area contributed by atoms with Gasteiger partial charge in [-0.25, -0.2) is 8.42 Å². The maximum atomic E-state index is 12.7. The van der Waals surface area contributed by atoms with Crippen LogP contribution in [0.15, 0.2) is 29.2 Å². The molecular formula is C13H17F2NO3S. The Hall–Kier alpha value is -1.21. The zero-order chi connectivity index (χ0) is 14.8. The predicted molar refractivity (Wildman–Crippen MR) is 71.7 cm³/mol. The Morgan fingerprint density at radius 3 is 2.70 bits per heavy atom. The summed E-state index contributed by atoms with van der Waals surface area (Å²) >= 11 is 0. The monoisotopic (exact) mass is 305 g/mol. The molecule has 20 heavy (non-hydrogen) atoms. The van der Waals surface area contributed by atoms with Gasteiger partial charge in [-0.15, -0.1) is 0 Å². The number of alkyl halides is 2. The van der Waals surface area contributed by atoms with E-state index in [2.05, 4.69) is 5.32 Å². The second kappa shape index (κ2) is 6.05. The van der Waals surface area contributed by atoms with E-state index in [9.17, 15) is 17.2 Å². The number of sulfone groups is 1. The van der Waals surface area contributed by atoms with Gasteiger partial charge in [-0.1, -0.05) is 12.1 Å². The van der Waals surface area contributed by atoms with Gasteiger partial charge in [-0.3, -0.25) is 0 Å². The highest BCUT2D eigenvalue weighted by Gasteiger charge is 2.30. The van der Waals surface area contributed by atoms with E-state index in [1.807, 2.05) is 6.92 Å². The standard InChI is InChI=1S/C13H17F2NO3S/c1-9-8-10(6-7-19-9)16-11-4-2-3-5-12(11)20(17,18)13(14)15/h2-5,9-10,13,16H,6-8H2,1H3. The second-order valence-corrected chi connectivity index (χ2v) is 6.74. The Balaban J connectivity index is 2.25. The topological polar surface area (TPSA) is 55.4 Å². The van der Waals surface area contributed by atoms with Crippen molar-refractivity contribution in [1.82, 2.24) is 0 Å². The van der Waals surface area contributed by atoms with E-state index < -0.39 is 15.6 Å². The molecule has 0 amide bonds. The minimum absolute atomic E-state index is 0.0211. The molecule has 2 rings (SSSR count). The summed E-state index contributed by atoms with van der Waals surface area (Å²) in [6.07, 6.45) is 1.50. The van der Waals surface area contributed by atoms with Crippen LogP contribution in [0.3, 0.4) is 0 Å². The molecule has 7 heteroatoms. The summed E-state index contributed by atoms with van der Waals surface area (Å²) in [7, 11) is -4.60. The van der Waals surface area contributed by atoms with Crippen LogP contribution in [0, 0.1) is 0 Å². The number of rotatable bonds is 4. The van der Waals surface area contributed by atoms with Crippen molar-refractivity contribution in [2.75, 3.05) is 11.9 Å². The summed E-state index contributed by atoms with van der Waals surface area (Å²) in [4.78, 5) is -0.353. The van der Waals surface area contributed by atoms with E-state index >= 15 is 0 Å². The Morgan fingerprint density at radius 1 is 1.35 bits per heavy atom. The van der Waals surface area contributed by atoms with Gasteiger partial charge in [0.15, 0.2) is 0 Å². The van der Waals surface area contributed by atoms with Gasteiger partial charge >= 0.3 is 5.76 Å². The van der Waals surface area contributed by atoms with E-state index in [0.29, 0.717) is 19.4 Å². The summed E-state index contributed by atoms with van der Waals surface area (Å²) in [5.74, 6) is -3.42. The Kier molecular flexibility index (Phi) is 4.59. The minimum Gasteiger partial charge on any atom is -0.381 e. The zero-order valence-electron chi connectivity index (χ0n) is 11.1. The number of benzene rings is 1. The molecule has 1 fully saturated rings. The van der Waals surface area contributed by atoms with Gasteiger partial charge in [0.25, 0.3) is 0 Å². The van der Waals surface area contributed by atoms with Crippen molar-refractivity contribution in [3.63, 3.8) is 0 Å². The van der Waals surface area contributed by atoms with Crippen molar-refractivity contribution in [2.24, 2.45) is 0 Å². The van der Waals surface area contributed by atoms with Crippen LogP contribution in [0.4, 0.5) is 14.5 Å². The summed E-state index contributed by atoms with van der Waals surface area (Å²) in [6.45, 7) is 2.50. The first kappa shape index (κ1) is 15.2. The van der Waals surface area contributed by atoms with Gasteiger partial charge in [0, 0.05) is 12.6 Å². The molecule has 1 aromatic rings. The summed E-state index contributed by atoms with van der Waals surface area (Å²) in [6, 6.07) is 5.79. The SMILES string of the molecule is CC1CC(Nc2ccccc2S(=O)(=O)C(F)F)CCO1. The van der Waals surface area contributed by atoms with Crippen molar-refractivity contribution in [1.29, 1.82) is 0 Å². The van der Waals surface area contributed by atoms with E-state index in [1.54, 1.807) is 6.07 Å². The van der Waals surface area contributed by atoms with Gasteiger partial charge in [0.2, 0.25) is 9.84 Å². The molecular weight excluding hydrogens is 288 g/mol. The van der Waals surface area contributed by atoms with Crippen molar-refractivity contribution < 1.29 is 21.9 Å². The van der Waals surface area contributed by atoms with Crippen molar-refractivity contribution in [3.8, 4) is 0 Å². The molecule has 0 spiro atoms. The minimum atomic E-state index is -4.60. The molecule has 4 nitrogen and oxygen atoms in total. The highest BCUT2D eigenvalue weighted by Crippen LogP contribution is 2.28. The van der Waals surface area contributed by atoms with Crippen molar-refractivity contribution in [2.45, 2.75) is 42.6 Å². The number of ether oxygens (including phenoxy) is 1. The van der Waals surface area contributed by atoms with E-state index in [4.69, 9.17) is 4.74 Å². The average molecular weight is 305 g/mol. The second-order valence-electron chi connectivity index (χ2n) is 4.85. The van der Waals surface area contributed by atoms with Gasteiger partial charge < -0.3 is 10.1 Å². The lowest BCUT2D eigenvalue weighted by atomic mass is 10.0. The molecule has 0 bridgehead atoms. The molecule has 0 aliphatic carbocycles. The molecule has 2 atom stereocenters. The van der Waals surface area contributed by atoms with E-state index in [0.717, 1.165) is 0 Å². The predicted octanol–water partition coefficient (Wildman–Crippen LogP) is 2.66. The molecule has 1 aliphatic rings. The largest absolute Gasteiger partial charge is 0.381 e. The molecule has 1 heterocycles. The molecule has 2 unspecified atom stereocenters. The number of halogens is 2. The Morgan fingerprint density at radius 2 is 2.05 bits per heavy atom. The van der Waals surface area contributed by atoms with Crippen LogP contribution >= 0.6 is 0 Å². The quantitative estimate of drug-likeness (QED) is 0.929. The van der Waals surface area contributed by atoms with Crippen LogP contribution in [0.25, 0.3) is 0 Å². The number of para-hydroxylation sites is 1. The highest BCUT2D eigenvalue weighted by molar-refractivity contribution is 7.91. The Labute approximate surface area is 117 Å². The molecule has 0 aromatic heterocycles. The van der Waals surface area contributed by atoms with Crippen molar-refractivity contribution in [3.05, 3.63) is 24.3 Å². The molecule has 1 saturated heterocycles. The van der Waals surface area contributed by atoms with Crippen LogP contribution < -0.4 is 5.32 Å². The zero-order valence-corrected chi connectivity index (χ0v) is 11.9. The van der Waals surface area contributed by atoms with E-state index in [1.165, 1.54) is 18.2 Å². The molecule has 112 valence electrons. The van der Waals surface area contributed by atoms with E-state index in [-0.39, 0.29) is 22.7 Å². The number of hydrogen-bond acceptors (Lipinski definition) is 4. The maximum absolute atomic E-state index is 12.7. The molecule has 1 N–H and O–H groups in total. The normalized spacial score (nSPS) is 23.8. The Bertz CT molecular complexity index is 562. The third kappa shape index (κ3) is 3.27. The van der Waals surface area contributed by atoms with Crippen molar-refractivity contribution >= 4 is 15.5 Å². The lowest BCUT2D eigenvalue weighted by Crippen LogP contribution is -2.33. The fourth-order valence-electron chi connectivity index (χ4n) is 2.28. The number of nitrogens with one attached hydrogen (secondary N) is 1. The van der Waals surface area contributed by atoms with Gasteiger partial charge in [-0.05, 0) is 31.9 Å². The summed E-state index contributed by atoms with van der Waals surface area (Å²) in [5.41, 5.74) is 0.229. The molecule has 1 aliphatic heterocycles. The van der Waals surface area contributed by atoms with Crippen LogP contribution in [0.2, 0.25) is 0 Å². The first-order chi connectivity index (χ1) is 9.41. The third-order valence-electron chi connectivity index (χ3n) is 3.27. The van der Waals surface area contributed by atoms with Gasteiger partial charge in [-0.2, -0.15) is 8.78 Å². The third-order valence-corrected chi connectivity index (χ3v) is 4.71. The summed E-state index contributed by atoms with van der Waals surface area (Å²) in [5, 5.41) is 3.05.